The number of aliphatic hydroxyl groups is 1. The topological polar surface area (TPSA) is 80.6 Å². The number of carbonyl (C=O) groups excluding carboxylic acids is 1. The Morgan fingerprint density at radius 2 is 1.55 bits per heavy atom. The molecule has 0 aliphatic carbocycles. The largest absolute Gasteiger partial charge is 0.494 e. The number of nitrogens with zero attached hydrogens (tertiary/aromatic N) is 2. The number of morpholine rings is 1. The Morgan fingerprint density at radius 3 is 2.25 bits per heavy atom. The molecule has 2 heterocycles. The molecule has 6 rings (SSSR count). The average Bonchev–Trinajstić information content (AvgIpc) is 3.47. The predicted octanol–water partition coefficient (Wildman–Crippen LogP) is 6.24. The quantitative estimate of drug-likeness (QED) is 0.205. The van der Waals surface area contributed by atoms with Gasteiger partial charge >= 0.3 is 0 Å². The first kappa shape index (κ1) is 30.1. The van der Waals surface area contributed by atoms with Crippen LogP contribution in [-0.4, -0.2) is 66.9 Å². The summed E-state index contributed by atoms with van der Waals surface area (Å²) in [7, 11) is 0. The fourth-order valence-electron chi connectivity index (χ4n) is 5.72. The zero-order chi connectivity index (χ0) is 30.4. The van der Waals surface area contributed by atoms with E-state index in [0.29, 0.717) is 57.4 Å². The molecule has 0 saturated carbocycles. The summed E-state index contributed by atoms with van der Waals surface area (Å²) >= 11 is 3.71. The molecule has 0 unspecified atom stereocenters. The van der Waals surface area contributed by atoms with Crippen molar-refractivity contribution >= 4 is 27.7 Å². The van der Waals surface area contributed by atoms with Gasteiger partial charge in [0.2, 0.25) is 5.90 Å². The summed E-state index contributed by atoms with van der Waals surface area (Å²) in [4.78, 5) is 21.8. The van der Waals surface area contributed by atoms with E-state index in [9.17, 15) is 4.79 Å². The molecular formula is C36H35BrN2O5. The maximum absolute atomic E-state index is 14.7. The lowest BCUT2D eigenvalue weighted by Crippen LogP contribution is -2.54. The second kappa shape index (κ2) is 13.8. The SMILES string of the molecule is O=C(N1CCOCC1)[C@]1(Cc2ccccc2Br)N=C(c2ccc(OCCCO)cc2)O[C@@H]1c1ccc(-c2ccccc2)cc1. The molecule has 8 heteroatoms. The first-order chi connectivity index (χ1) is 21.6. The number of aliphatic imine (C=N–C) groups is 1. The molecule has 0 aromatic heterocycles. The monoisotopic (exact) mass is 654 g/mol. The smallest absolute Gasteiger partial charge is 0.255 e. The summed E-state index contributed by atoms with van der Waals surface area (Å²) < 4.78 is 19.0. The van der Waals surface area contributed by atoms with Crippen LogP contribution in [0.5, 0.6) is 5.75 Å². The number of hydrogen-bond acceptors (Lipinski definition) is 6. The highest BCUT2D eigenvalue weighted by atomic mass is 79.9. The van der Waals surface area contributed by atoms with Crippen LogP contribution in [0.2, 0.25) is 0 Å². The summed E-state index contributed by atoms with van der Waals surface area (Å²) in [5, 5.41) is 9.08. The van der Waals surface area contributed by atoms with Crippen LogP contribution >= 0.6 is 15.9 Å². The van der Waals surface area contributed by atoms with E-state index in [0.717, 1.165) is 32.3 Å². The van der Waals surface area contributed by atoms with E-state index in [4.69, 9.17) is 24.3 Å². The van der Waals surface area contributed by atoms with Gasteiger partial charge in [0.1, 0.15) is 5.75 Å². The second-order valence-electron chi connectivity index (χ2n) is 10.9. The van der Waals surface area contributed by atoms with E-state index in [1.54, 1.807) is 0 Å². The van der Waals surface area contributed by atoms with Gasteiger partial charge in [-0.1, -0.05) is 88.7 Å². The van der Waals surface area contributed by atoms with Gasteiger partial charge in [0.05, 0.1) is 19.8 Å². The Kier molecular flexibility index (Phi) is 9.40. The molecule has 2 aliphatic rings. The van der Waals surface area contributed by atoms with E-state index < -0.39 is 11.6 Å². The zero-order valence-electron chi connectivity index (χ0n) is 24.4. The Hall–Kier alpha value is -3.98. The van der Waals surface area contributed by atoms with Crippen molar-refractivity contribution in [3.05, 3.63) is 124 Å². The molecule has 1 amide bonds. The summed E-state index contributed by atoms with van der Waals surface area (Å²) in [5.41, 5.74) is 3.56. The molecule has 2 aliphatic heterocycles. The van der Waals surface area contributed by atoms with Gasteiger partial charge in [-0.25, -0.2) is 4.99 Å². The van der Waals surface area contributed by atoms with Crippen molar-refractivity contribution in [2.45, 2.75) is 24.5 Å². The van der Waals surface area contributed by atoms with Crippen molar-refractivity contribution in [2.75, 3.05) is 39.5 Å². The third-order valence-electron chi connectivity index (χ3n) is 8.04. The van der Waals surface area contributed by atoms with E-state index in [1.807, 2.05) is 83.8 Å². The number of ether oxygens (including phenoxy) is 3. The first-order valence-corrected chi connectivity index (χ1v) is 15.7. The summed E-state index contributed by atoms with van der Waals surface area (Å²) in [6, 6.07) is 33.9. The number of hydrogen-bond donors (Lipinski definition) is 1. The Balaban J connectivity index is 1.43. The molecule has 2 atom stereocenters. The lowest BCUT2D eigenvalue weighted by atomic mass is 9.81. The van der Waals surface area contributed by atoms with Gasteiger partial charge in [0.15, 0.2) is 11.6 Å². The van der Waals surface area contributed by atoms with E-state index >= 15 is 0 Å². The lowest BCUT2D eigenvalue weighted by Gasteiger charge is -2.37. The molecular weight excluding hydrogens is 620 g/mol. The third-order valence-corrected chi connectivity index (χ3v) is 8.82. The van der Waals surface area contributed by atoms with Crippen LogP contribution in [0.15, 0.2) is 113 Å². The molecule has 0 radical (unpaired) electrons. The van der Waals surface area contributed by atoms with E-state index in [1.165, 1.54) is 0 Å². The molecule has 4 aromatic rings. The number of aliphatic hydroxyl groups excluding tert-OH is 1. The fraction of sp³-hybridized carbons (Fsp3) is 0.278. The Bertz CT molecular complexity index is 1590. The third kappa shape index (κ3) is 6.43. The second-order valence-corrected chi connectivity index (χ2v) is 11.8. The van der Waals surface area contributed by atoms with Crippen LogP contribution in [0.1, 0.15) is 29.2 Å². The molecule has 7 nitrogen and oxygen atoms in total. The minimum absolute atomic E-state index is 0.0763. The van der Waals surface area contributed by atoms with Gasteiger partial charge in [-0.3, -0.25) is 4.79 Å². The van der Waals surface area contributed by atoms with Crippen LogP contribution in [0.25, 0.3) is 11.1 Å². The molecule has 226 valence electrons. The highest BCUT2D eigenvalue weighted by Crippen LogP contribution is 2.44. The zero-order valence-corrected chi connectivity index (χ0v) is 26.0. The lowest BCUT2D eigenvalue weighted by molar-refractivity contribution is -0.143. The average molecular weight is 656 g/mol. The molecule has 4 aromatic carbocycles. The maximum Gasteiger partial charge on any atom is 0.255 e. The number of rotatable bonds is 10. The van der Waals surface area contributed by atoms with E-state index in [-0.39, 0.29) is 12.5 Å². The molecule has 44 heavy (non-hydrogen) atoms. The standard InChI is InChI=1S/C36H35BrN2O5/c37-32-10-5-4-9-30(32)25-36(35(41)39-19-23-42-24-20-39)33(28-13-11-27(12-14-28)26-7-2-1-3-8-26)44-34(38-36)29-15-17-31(18-16-29)43-22-6-21-40/h1-5,7-18,33,40H,6,19-25H2/t33-,36-/m1/s1. The van der Waals surface area contributed by atoms with Crippen LogP contribution in [-0.2, 0) is 20.7 Å². The van der Waals surface area contributed by atoms with E-state index in [2.05, 4.69) is 40.2 Å². The maximum atomic E-state index is 14.7. The summed E-state index contributed by atoms with van der Waals surface area (Å²) in [6.45, 7) is 2.48. The van der Waals surface area contributed by atoms with Crippen LogP contribution < -0.4 is 4.74 Å². The Labute approximate surface area is 266 Å². The van der Waals surface area contributed by atoms with Crippen molar-refractivity contribution < 1.29 is 24.1 Å². The molecule has 1 N–H and O–H groups in total. The number of halogens is 1. The van der Waals surface area contributed by atoms with Crippen LogP contribution in [0.3, 0.4) is 0 Å². The molecule has 0 bridgehead atoms. The minimum Gasteiger partial charge on any atom is -0.494 e. The van der Waals surface area contributed by atoms with Gasteiger partial charge in [0.25, 0.3) is 5.91 Å². The molecule has 1 saturated heterocycles. The van der Waals surface area contributed by atoms with Crippen LogP contribution in [0.4, 0.5) is 0 Å². The van der Waals surface area contributed by atoms with Gasteiger partial charge in [-0.05, 0) is 52.6 Å². The van der Waals surface area contributed by atoms with Gasteiger partial charge in [0, 0.05) is 42.6 Å². The highest BCUT2D eigenvalue weighted by Gasteiger charge is 2.55. The molecule has 1 fully saturated rings. The number of benzene rings is 4. The highest BCUT2D eigenvalue weighted by molar-refractivity contribution is 9.10. The summed E-state index contributed by atoms with van der Waals surface area (Å²) in [6.07, 6.45) is 0.246. The number of amides is 1. The van der Waals surface area contributed by atoms with Crippen molar-refractivity contribution in [3.63, 3.8) is 0 Å². The van der Waals surface area contributed by atoms with Gasteiger partial charge in [-0.15, -0.1) is 0 Å². The van der Waals surface area contributed by atoms with Crippen LogP contribution in [0, 0.1) is 0 Å². The number of carbonyl (C=O) groups is 1. The van der Waals surface area contributed by atoms with Gasteiger partial charge < -0.3 is 24.2 Å². The van der Waals surface area contributed by atoms with Crippen molar-refractivity contribution in [1.29, 1.82) is 0 Å². The van der Waals surface area contributed by atoms with Gasteiger partial charge in [-0.2, -0.15) is 0 Å². The van der Waals surface area contributed by atoms with Crippen molar-refractivity contribution in [2.24, 2.45) is 4.99 Å². The Morgan fingerprint density at radius 1 is 0.886 bits per heavy atom. The first-order valence-electron chi connectivity index (χ1n) is 14.9. The minimum atomic E-state index is -1.25. The van der Waals surface area contributed by atoms with Crippen molar-refractivity contribution in [1.82, 2.24) is 4.90 Å². The predicted molar refractivity (Wildman–Crippen MR) is 174 cm³/mol. The summed E-state index contributed by atoms with van der Waals surface area (Å²) in [5.74, 6) is 1.03. The molecule has 0 spiro atoms. The normalized spacial score (nSPS) is 19.7. The van der Waals surface area contributed by atoms with Crippen molar-refractivity contribution in [3.8, 4) is 16.9 Å². The fourth-order valence-corrected chi connectivity index (χ4v) is 6.15.